The van der Waals surface area contributed by atoms with E-state index < -0.39 is 0 Å². The Morgan fingerprint density at radius 1 is 1.26 bits per heavy atom. The van der Waals surface area contributed by atoms with Gasteiger partial charge in [0.05, 0.1) is 12.3 Å². The van der Waals surface area contributed by atoms with Crippen LogP contribution in [0.4, 0.5) is 0 Å². The Morgan fingerprint density at radius 3 is 2.78 bits per heavy atom. The lowest BCUT2D eigenvalue weighted by atomic mass is 10.3. The van der Waals surface area contributed by atoms with Crippen molar-refractivity contribution >= 4 is 17.7 Å². The van der Waals surface area contributed by atoms with Gasteiger partial charge in [0.25, 0.3) is 0 Å². The van der Waals surface area contributed by atoms with E-state index >= 15 is 0 Å². The van der Waals surface area contributed by atoms with Crippen molar-refractivity contribution in [3.8, 4) is 11.4 Å². The Morgan fingerprint density at radius 2 is 2.07 bits per heavy atom. The molecule has 7 nitrogen and oxygen atoms in total. The highest BCUT2D eigenvalue weighted by molar-refractivity contribution is 8.00. The predicted molar refractivity (Wildman–Crippen MR) is 106 cm³/mol. The fourth-order valence-electron chi connectivity index (χ4n) is 3.52. The van der Waals surface area contributed by atoms with Gasteiger partial charge in [-0.25, -0.2) is 9.48 Å². The van der Waals surface area contributed by atoms with E-state index in [0.29, 0.717) is 29.9 Å². The van der Waals surface area contributed by atoms with Crippen LogP contribution in [0.1, 0.15) is 44.6 Å². The molecule has 4 rings (SSSR count). The molecule has 0 aromatic carbocycles. The van der Waals surface area contributed by atoms with Crippen LogP contribution in [0.25, 0.3) is 11.4 Å². The van der Waals surface area contributed by atoms with Gasteiger partial charge in [0.15, 0.2) is 5.82 Å². The average Bonchev–Trinajstić information content (AvgIpc) is 3.27. The van der Waals surface area contributed by atoms with Gasteiger partial charge in [-0.05, 0) is 37.8 Å². The molecule has 1 N–H and O–H groups in total. The summed E-state index contributed by atoms with van der Waals surface area (Å²) in [7, 11) is 0. The molecule has 0 atom stereocenters. The van der Waals surface area contributed by atoms with Gasteiger partial charge in [-0.15, -0.1) is 16.9 Å². The second kappa shape index (κ2) is 8.29. The van der Waals surface area contributed by atoms with Crippen molar-refractivity contribution in [3.63, 3.8) is 0 Å². The maximum absolute atomic E-state index is 12.7. The molecule has 0 radical (unpaired) electrons. The third-order valence-corrected chi connectivity index (χ3v) is 6.47. The summed E-state index contributed by atoms with van der Waals surface area (Å²) >= 11 is 1.75. The molecule has 2 heterocycles. The fraction of sp³-hybridized carbons (Fsp3) is 0.579. The first-order valence-electron chi connectivity index (χ1n) is 9.70. The smallest absolute Gasteiger partial charge is 0.346 e. The first-order valence-corrected chi connectivity index (χ1v) is 10.8. The zero-order valence-electron chi connectivity index (χ0n) is 15.3. The molecule has 2 aromatic heterocycles. The van der Waals surface area contributed by atoms with Crippen molar-refractivity contribution in [1.29, 1.82) is 0 Å². The monoisotopic (exact) mass is 387 g/mol. The maximum Gasteiger partial charge on any atom is 0.346 e. The third kappa shape index (κ3) is 4.43. The van der Waals surface area contributed by atoms with Crippen molar-refractivity contribution in [3.05, 3.63) is 35.0 Å². The number of rotatable bonds is 8. The molecule has 2 aromatic rings. The lowest BCUT2D eigenvalue weighted by molar-refractivity contribution is -0.118. The van der Waals surface area contributed by atoms with E-state index in [-0.39, 0.29) is 17.6 Å². The Kier molecular flexibility index (Phi) is 5.61. The number of hydrogen-bond donors (Lipinski definition) is 1. The fourth-order valence-corrected chi connectivity index (χ4v) is 4.68. The molecular formula is C19H25N5O2S. The molecule has 2 aliphatic rings. The van der Waals surface area contributed by atoms with E-state index in [1.807, 2.05) is 12.1 Å². The van der Waals surface area contributed by atoms with Gasteiger partial charge in [0.1, 0.15) is 0 Å². The minimum absolute atomic E-state index is 0.0362. The highest BCUT2D eigenvalue weighted by atomic mass is 32.2. The number of carbonyl (C=O) groups excluding carboxylic acids is 1. The van der Waals surface area contributed by atoms with Gasteiger partial charge in [-0.3, -0.25) is 14.3 Å². The van der Waals surface area contributed by atoms with Crippen molar-refractivity contribution in [2.24, 2.45) is 0 Å². The van der Waals surface area contributed by atoms with Crippen LogP contribution in [0.5, 0.6) is 0 Å². The minimum Gasteiger partial charge on any atom is -0.354 e. The maximum atomic E-state index is 12.7. The highest BCUT2D eigenvalue weighted by Gasteiger charge is 2.30. The summed E-state index contributed by atoms with van der Waals surface area (Å²) in [6.07, 6.45) is 10.5. The van der Waals surface area contributed by atoms with Gasteiger partial charge < -0.3 is 5.32 Å². The molecule has 8 heteroatoms. The van der Waals surface area contributed by atoms with Gasteiger partial charge in [-0.2, -0.15) is 0 Å². The zero-order chi connectivity index (χ0) is 18.6. The Labute approximate surface area is 162 Å². The molecule has 0 unspecified atom stereocenters. The summed E-state index contributed by atoms with van der Waals surface area (Å²) in [5, 5.41) is 8.07. The Bertz CT molecular complexity index is 838. The molecule has 2 aliphatic carbocycles. The Balaban J connectivity index is 1.36. The number of thioether (sulfide) groups is 1. The molecule has 0 spiro atoms. The van der Waals surface area contributed by atoms with Gasteiger partial charge >= 0.3 is 5.69 Å². The standard InChI is InChI=1S/C19H25N5O2S/c25-17(13-27-16-5-1-2-6-16)21-10-11-23-19(26)24(15-7-8-15)18(22-23)14-4-3-9-20-12-14/h3-4,9,12,15-16H,1-2,5-8,10-11,13H2,(H,21,25). The largest absolute Gasteiger partial charge is 0.354 e. The lowest BCUT2D eigenvalue weighted by Gasteiger charge is -2.08. The van der Waals surface area contributed by atoms with E-state index in [4.69, 9.17) is 0 Å². The number of carbonyl (C=O) groups is 1. The van der Waals surface area contributed by atoms with Crippen molar-refractivity contribution < 1.29 is 4.79 Å². The normalized spacial score (nSPS) is 17.3. The first kappa shape index (κ1) is 18.3. The molecule has 27 heavy (non-hydrogen) atoms. The van der Waals surface area contributed by atoms with E-state index in [1.165, 1.54) is 30.4 Å². The summed E-state index contributed by atoms with van der Waals surface area (Å²) in [4.78, 5) is 28.9. The summed E-state index contributed by atoms with van der Waals surface area (Å²) < 4.78 is 3.24. The molecule has 0 aliphatic heterocycles. The second-order valence-corrected chi connectivity index (χ2v) is 8.53. The number of aromatic nitrogens is 4. The van der Waals surface area contributed by atoms with E-state index in [0.717, 1.165) is 18.4 Å². The van der Waals surface area contributed by atoms with Crippen LogP contribution in [0.2, 0.25) is 0 Å². The molecule has 144 valence electrons. The summed E-state index contributed by atoms with van der Waals surface area (Å²) in [6, 6.07) is 4.00. The highest BCUT2D eigenvalue weighted by Crippen LogP contribution is 2.36. The topological polar surface area (TPSA) is 81.8 Å². The van der Waals surface area contributed by atoms with Crippen LogP contribution in [0.15, 0.2) is 29.3 Å². The van der Waals surface area contributed by atoms with Crippen molar-refractivity contribution in [1.82, 2.24) is 24.6 Å². The summed E-state index contributed by atoms with van der Waals surface area (Å²) in [6.45, 7) is 0.795. The van der Waals surface area contributed by atoms with Crippen LogP contribution in [0, 0.1) is 0 Å². The molecule has 2 fully saturated rings. The van der Waals surface area contributed by atoms with Crippen molar-refractivity contribution in [2.45, 2.75) is 56.4 Å². The number of pyridine rings is 1. The van der Waals surface area contributed by atoms with Crippen LogP contribution in [-0.4, -0.2) is 42.8 Å². The van der Waals surface area contributed by atoms with Crippen LogP contribution < -0.4 is 11.0 Å². The second-order valence-electron chi connectivity index (χ2n) is 7.24. The molecular weight excluding hydrogens is 362 g/mol. The first-order chi connectivity index (χ1) is 13.2. The van der Waals surface area contributed by atoms with E-state index in [9.17, 15) is 9.59 Å². The third-order valence-electron chi connectivity index (χ3n) is 5.10. The average molecular weight is 388 g/mol. The predicted octanol–water partition coefficient (Wildman–Crippen LogP) is 2.23. The molecule has 1 amide bonds. The van der Waals surface area contributed by atoms with Crippen LogP contribution in [0.3, 0.4) is 0 Å². The number of amides is 1. The number of nitrogens with zero attached hydrogens (tertiary/aromatic N) is 4. The van der Waals surface area contributed by atoms with Crippen LogP contribution >= 0.6 is 11.8 Å². The van der Waals surface area contributed by atoms with Crippen LogP contribution in [-0.2, 0) is 11.3 Å². The van der Waals surface area contributed by atoms with Gasteiger partial charge in [0, 0.05) is 35.8 Å². The van der Waals surface area contributed by atoms with E-state index in [1.54, 1.807) is 28.7 Å². The summed E-state index contributed by atoms with van der Waals surface area (Å²) in [5.74, 6) is 1.20. The van der Waals surface area contributed by atoms with E-state index in [2.05, 4.69) is 15.4 Å². The molecule has 2 saturated carbocycles. The molecule has 0 saturated heterocycles. The number of nitrogens with one attached hydrogen (secondary N) is 1. The van der Waals surface area contributed by atoms with Crippen molar-refractivity contribution in [2.75, 3.05) is 12.3 Å². The Hall–Kier alpha value is -2.09. The lowest BCUT2D eigenvalue weighted by Crippen LogP contribution is -2.33. The zero-order valence-corrected chi connectivity index (χ0v) is 16.2. The van der Waals surface area contributed by atoms with Gasteiger partial charge in [0.2, 0.25) is 5.91 Å². The number of hydrogen-bond acceptors (Lipinski definition) is 5. The SMILES string of the molecule is O=C(CSC1CCCC1)NCCn1nc(-c2cccnc2)n(C2CC2)c1=O. The minimum atomic E-state index is -0.106. The van der Waals surface area contributed by atoms with Gasteiger partial charge in [-0.1, -0.05) is 12.8 Å². The summed E-state index contributed by atoms with van der Waals surface area (Å²) in [5.41, 5.74) is 0.739. The molecule has 0 bridgehead atoms. The quantitative estimate of drug-likeness (QED) is 0.751.